The molecule has 3 aromatic carbocycles. The maximum absolute atomic E-state index is 14.5. The minimum absolute atomic E-state index is 0.0457. The van der Waals surface area contributed by atoms with Gasteiger partial charge in [-0.05, 0) is 30.3 Å². The van der Waals surface area contributed by atoms with Gasteiger partial charge in [0.05, 0.1) is 17.2 Å². The number of amides is 2. The van der Waals surface area contributed by atoms with Crippen molar-refractivity contribution in [3.63, 3.8) is 0 Å². The fourth-order valence-corrected chi connectivity index (χ4v) is 4.29. The monoisotopic (exact) mass is 604 g/mol. The van der Waals surface area contributed by atoms with Crippen LogP contribution in [0.3, 0.4) is 0 Å². The van der Waals surface area contributed by atoms with E-state index in [4.69, 9.17) is 38.1 Å². The van der Waals surface area contributed by atoms with Gasteiger partial charge < -0.3 is 30.4 Å². The molecule has 0 saturated carbocycles. The van der Waals surface area contributed by atoms with Crippen LogP contribution in [-0.2, 0) is 0 Å². The Morgan fingerprint density at radius 1 is 0.975 bits per heavy atom. The smallest absolute Gasteiger partial charge is 0.316 e. The van der Waals surface area contributed by atoms with E-state index in [1.807, 2.05) is 0 Å². The molecular formula is C25H15Cl2F5N2O6. The maximum Gasteiger partial charge on any atom is 0.316 e. The van der Waals surface area contributed by atoms with Crippen LogP contribution in [0.2, 0.25) is 10.0 Å². The Morgan fingerprint density at radius 2 is 1.60 bits per heavy atom. The molecule has 5 N–H and O–H groups in total. The second-order valence-corrected chi connectivity index (χ2v) is 9.02. The number of benzene rings is 3. The third-order valence-corrected chi connectivity index (χ3v) is 6.17. The number of ether oxygens (including phenoxy) is 1. The summed E-state index contributed by atoms with van der Waals surface area (Å²) in [4.78, 5) is 24.8. The number of fused-ring (bicyclic) bond motifs is 1. The molecule has 0 aliphatic heterocycles. The number of primary amides is 1. The number of nitrogens with one attached hydrogen (secondary N) is 1. The zero-order valence-corrected chi connectivity index (χ0v) is 21.1. The van der Waals surface area contributed by atoms with Crippen LogP contribution >= 0.6 is 23.2 Å². The summed E-state index contributed by atoms with van der Waals surface area (Å²) in [6, 6.07) is 6.24. The standard InChI is InChI=1S/C25H15Cl2F5N2O6/c26-8-1-3-10(12(27)5-8)22(37)24-21(34-25(33)38)11-4-2-9(6-14(11)40-24)39-23(13(36)7-35)15-16(28)18(30)20(32)19(31)17(15)29/h1-6,13,23,35-36H,7H2,(H3,33,34,38). The number of aliphatic hydroxyl groups is 2. The van der Waals surface area contributed by atoms with Gasteiger partial charge in [0.1, 0.15) is 23.1 Å². The lowest BCUT2D eigenvalue weighted by atomic mass is 10.0. The van der Waals surface area contributed by atoms with E-state index >= 15 is 0 Å². The summed E-state index contributed by atoms with van der Waals surface area (Å²) >= 11 is 12.0. The number of furan rings is 1. The van der Waals surface area contributed by atoms with Gasteiger partial charge >= 0.3 is 6.03 Å². The van der Waals surface area contributed by atoms with Crippen LogP contribution in [0.4, 0.5) is 32.4 Å². The number of halogens is 7. The van der Waals surface area contributed by atoms with E-state index in [2.05, 4.69) is 5.32 Å². The number of urea groups is 1. The van der Waals surface area contributed by atoms with Gasteiger partial charge in [-0.15, -0.1) is 0 Å². The minimum Gasteiger partial charge on any atom is -0.483 e. The summed E-state index contributed by atoms with van der Waals surface area (Å²) in [6.07, 6.45) is -4.45. The Hall–Kier alpha value is -3.91. The Kier molecular flexibility index (Phi) is 8.21. The van der Waals surface area contributed by atoms with E-state index in [-0.39, 0.29) is 38.0 Å². The fraction of sp³-hybridized carbons (Fsp3) is 0.120. The topological polar surface area (TPSA) is 135 Å². The third-order valence-electron chi connectivity index (χ3n) is 5.62. The molecule has 2 unspecified atom stereocenters. The van der Waals surface area contributed by atoms with Crippen molar-refractivity contribution in [3.8, 4) is 5.75 Å². The number of hydrogen-bond acceptors (Lipinski definition) is 6. The van der Waals surface area contributed by atoms with Gasteiger partial charge in [-0.25, -0.2) is 26.7 Å². The summed E-state index contributed by atoms with van der Waals surface area (Å²) in [5.41, 5.74) is 3.26. The first-order valence-corrected chi connectivity index (χ1v) is 11.7. The van der Waals surface area contributed by atoms with Crippen LogP contribution in [0.25, 0.3) is 11.0 Å². The number of hydrogen-bond donors (Lipinski definition) is 4. The normalized spacial score (nSPS) is 12.8. The van der Waals surface area contributed by atoms with Gasteiger partial charge in [0.15, 0.2) is 35.1 Å². The molecule has 1 heterocycles. The zero-order chi connectivity index (χ0) is 29.5. The van der Waals surface area contributed by atoms with E-state index in [1.54, 1.807) is 0 Å². The van der Waals surface area contributed by atoms with Gasteiger partial charge in [-0.3, -0.25) is 4.79 Å². The minimum atomic E-state index is -2.43. The van der Waals surface area contributed by atoms with Crippen molar-refractivity contribution in [3.05, 3.63) is 92.4 Å². The maximum atomic E-state index is 14.5. The highest BCUT2D eigenvalue weighted by Crippen LogP contribution is 2.38. The molecule has 8 nitrogen and oxygen atoms in total. The molecule has 0 radical (unpaired) electrons. The van der Waals surface area contributed by atoms with Crippen molar-refractivity contribution >= 4 is 51.7 Å². The van der Waals surface area contributed by atoms with E-state index in [9.17, 15) is 41.8 Å². The SMILES string of the molecule is NC(=O)Nc1c(C(=O)c2ccc(Cl)cc2Cl)oc2cc(OC(c3c(F)c(F)c(F)c(F)c3F)C(O)CO)ccc12. The summed E-state index contributed by atoms with van der Waals surface area (Å²) in [6.45, 7) is -1.19. The number of nitrogens with two attached hydrogens (primary N) is 1. The van der Waals surface area contributed by atoms with Crippen molar-refractivity contribution in [2.24, 2.45) is 5.73 Å². The zero-order valence-electron chi connectivity index (χ0n) is 19.6. The van der Waals surface area contributed by atoms with Crippen LogP contribution in [0.5, 0.6) is 5.75 Å². The van der Waals surface area contributed by atoms with E-state index < -0.39 is 71.0 Å². The first kappa shape index (κ1) is 29.1. The average molecular weight is 605 g/mol. The first-order valence-electron chi connectivity index (χ1n) is 10.9. The van der Waals surface area contributed by atoms with Crippen LogP contribution in [0.15, 0.2) is 40.8 Å². The van der Waals surface area contributed by atoms with Crippen molar-refractivity contribution in [1.82, 2.24) is 0 Å². The van der Waals surface area contributed by atoms with Crippen molar-refractivity contribution in [2.75, 3.05) is 11.9 Å². The summed E-state index contributed by atoms with van der Waals surface area (Å²) in [5.74, 6) is -13.2. The number of anilines is 1. The first-order chi connectivity index (χ1) is 18.8. The van der Waals surface area contributed by atoms with Crippen LogP contribution in [0, 0.1) is 29.1 Å². The molecule has 2 atom stereocenters. The van der Waals surface area contributed by atoms with Crippen molar-refractivity contribution in [2.45, 2.75) is 12.2 Å². The van der Waals surface area contributed by atoms with Gasteiger partial charge in [0.2, 0.25) is 11.6 Å². The van der Waals surface area contributed by atoms with Gasteiger partial charge in [0, 0.05) is 22.0 Å². The number of carbonyl (C=O) groups excluding carboxylic acids is 2. The van der Waals surface area contributed by atoms with Gasteiger partial charge in [-0.2, -0.15) is 0 Å². The predicted molar refractivity (Wildman–Crippen MR) is 132 cm³/mol. The van der Waals surface area contributed by atoms with Crippen LogP contribution < -0.4 is 15.8 Å². The highest BCUT2D eigenvalue weighted by molar-refractivity contribution is 6.37. The predicted octanol–water partition coefficient (Wildman–Crippen LogP) is 5.63. The summed E-state index contributed by atoms with van der Waals surface area (Å²) in [5, 5.41) is 22.0. The molecule has 1 aromatic heterocycles. The van der Waals surface area contributed by atoms with Crippen LogP contribution in [0.1, 0.15) is 27.8 Å². The lowest BCUT2D eigenvalue weighted by Gasteiger charge is -2.24. The molecule has 0 spiro atoms. The second-order valence-electron chi connectivity index (χ2n) is 8.18. The molecule has 0 aliphatic carbocycles. The number of aliphatic hydroxyl groups excluding tert-OH is 2. The lowest BCUT2D eigenvalue weighted by molar-refractivity contribution is -0.00579. The molecule has 4 rings (SSSR count). The molecule has 210 valence electrons. The number of carbonyl (C=O) groups is 2. The molecule has 2 amide bonds. The van der Waals surface area contributed by atoms with E-state index in [0.717, 1.165) is 12.1 Å². The molecule has 4 aromatic rings. The van der Waals surface area contributed by atoms with Crippen molar-refractivity contribution < 1.29 is 50.9 Å². The Morgan fingerprint density at radius 3 is 2.17 bits per heavy atom. The largest absolute Gasteiger partial charge is 0.483 e. The summed E-state index contributed by atoms with van der Waals surface area (Å²) < 4.78 is 81.1. The molecule has 0 fully saturated rings. The van der Waals surface area contributed by atoms with Crippen molar-refractivity contribution in [1.29, 1.82) is 0 Å². The second kappa shape index (κ2) is 11.3. The highest BCUT2D eigenvalue weighted by atomic mass is 35.5. The van der Waals surface area contributed by atoms with Gasteiger partial charge in [0.25, 0.3) is 0 Å². The molecular weight excluding hydrogens is 590 g/mol. The number of ketones is 1. The average Bonchev–Trinajstić information content (AvgIpc) is 3.26. The molecule has 0 saturated heterocycles. The highest BCUT2D eigenvalue weighted by Gasteiger charge is 2.35. The third kappa shape index (κ3) is 5.28. The van der Waals surface area contributed by atoms with Crippen LogP contribution in [-0.4, -0.2) is 34.7 Å². The van der Waals surface area contributed by atoms with E-state index in [0.29, 0.717) is 0 Å². The lowest BCUT2D eigenvalue weighted by Crippen LogP contribution is -2.30. The molecule has 0 bridgehead atoms. The van der Waals surface area contributed by atoms with E-state index in [1.165, 1.54) is 24.3 Å². The molecule has 0 aliphatic rings. The molecule has 40 heavy (non-hydrogen) atoms. The Labute approximate surface area is 230 Å². The number of rotatable bonds is 8. The quantitative estimate of drug-likeness (QED) is 0.0891. The molecule has 15 heteroatoms. The Balaban J connectivity index is 1.82. The summed E-state index contributed by atoms with van der Waals surface area (Å²) in [7, 11) is 0. The Bertz CT molecular complexity index is 1640. The fourth-order valence-electron chi connectivity index (χ4n) is 3.80. The van der Waals surface area contributed by atoms with Gasteiger partial charge in [-0.1, -0.05) is 23.2 Å².